The Morgan fingerprint density at radius 2 is 1.84 bits per heavy atom. The number of halogens is 5. The number of likely N-dealkylation sites (tertiary alicyclic amines) is 1. The number of hydrogen-bond donors (Lipinski definition) is 3. The van der Waals surface area contributed by atoms with Crippen molar-refractivity contribution in [2.24, 2.45) is 0 Å². The van der Waals surface area contributed by atoms with E-state index in [0.717, 1.165) is 12.1 Å². The third kappa shape index (κ3) is 5.16. The maximum absolute atomic E-state index is 13.5. The SMILES string of the molecule is O=C(Nc1ccnc(C2CCN(CC(F)(F)F)CC2)c1)Nc1c[nH]c2cc(F)c(F)cc12. The zero-order valence-corrected chi connectivity index (χ0v) is 16.8. The van der Waals surface area contributed by atoms with Gasteiger partial charge in [-0.15, -0.1) is 0 Å². The first kappa shape index (κ1) is 22.0. The lowest BCUT2D eigenvalue weighted by Gasteiger charge is -2.32. The topological polar surface area (TPSA) is 73.1 Å². The molecule has 0 saturated carbocycles. The Balaban J connectivity index is 1.38. The van der Waals surface area contributed by atoms with Crippen molar-refractivity contribution < 1.29 is 26.7 Å². The van der Waals surface area contributed by atoms with Gasteiger partial charge in [0.25, 0.3) is 0 Å². The highest BCUT2D eigenvalue weighted by atomic mass is 19.4. The number of alkyl halides is 3. The molecule has 0 bridgehead atoms. The van der Waals surface area contributed by atoms with Crippen LogP contribution in [-0.2, 0) is 0 Å². The number of pyridine rings is 1. The average Bonchev–Trinajstić information content (AvgIpc) is 3.09. The first-order valence-electron chi connectivity index (χ1n) is 9.97. The van der Waals surface area contributed by atoms with E-state index >= 15 is 0 Å². The minimum atomic E-state index is -4.22. The lowest BCUT2D eigenvalue weighted by Crippen LogP contribution is -2.39. The number of urea groups is 1. The van der Waals surface area contributed by atoms with E-state index < -0.39 is 30.4 Å². The number of amides is 2. The minimum Gasteiger partial charge on any atom is -0.359 e. The standard InChI is InChI=1S/C21H20F5N5O/c22-15-8-14-18(9-16(15)23)28-10-19(14)30-20(32)29-13-1-4-27-17(7-13)12-2-5-31(6-3-12)11-21(24,25)26/h1,4,7-10,12,28H,2-3,5-6,11H2,(H2,27,29,30,32). The number of nitrogens with zero attached hydrogens (tertiary/aromatic N) is 2. The number of fused-ring (bicyclic) bond motifs is 1. The van der Waals surface area contributed by atoms with Crippen LogP contribution in [0.2, 0.25) is 0 Å². The summed E-state index contributed by atoms with van der Waals surface area (Å²) in [5, 5.41) is 5.56. The molecule has 2 amide bonds. The van der Waals surface area contributed by atoms with Crippen molar-refractivity contribution in [3.63, 3.8) is 0 Å². The summed E-state index contributed by atoms with van der Waals surface area (Å²) in [6.45, 7) is -0.275. The summed E-state index contributed by atoms with van der Waals surface area (Å²) in [6, 6.07) is 4.68. The molecule has 3 aromatic rings. The van der Waals surface area contributed by atoms with E-state index in [2.05, 4.69) is 20.6 Å². The number of rotatable bonds is 4. The molecule has 0 radical (unpaired) electrons. The highest BCUT2D eigenvalue weighted by Crippen LogP contribution is 2.30. The van der Waals surface area contributed by atoms with Crippen molar-refractivity contribution in [1.29, 1.82) is 0 Å². The first-order valence-corrected chi connectivity index (χ1v) is 9.97. The van der Waals surface area contributed by atoms with Crippen LogP contribution in [0.3, 0.4) is 0 Å². The minimum absolute atomic E-state index is 0.00390. The second kappa shape index (κ2) is 8.73. The summed E-state index contributed by atoms with van der Waals surface area (Å²) in [6.07, 6.45) is -0.188. The number of H-pyrrole nitrogens is 1. The molecule has 1 aliphatic heterocycles. The van der Waals surface area contributed by atoms with Gasteiger partial charge in [-0.05, 0) is 44.1 Å². The molecule has 11 heteroatoms. The molecule has 170 valence electrons. The van der Waals surface area contributed by atoms with Crippen molar-refractivity contribution in [2.45, 2.75) is 24.9 Å². The molecule has 1 saturated heterocycles. The van der Waals surface area contributed by atoms with Crippen LogP contribution in [0, 0.1) is 11.6 Å². The Labute approximate surface area is 179 Å². The van der Waals surface area contributed by atoms with Crippen LogP contribution in [0.4, 0.5) is 38.1 Å². The van der Waals surface area contributed by atoms with E-state index in [4.69, 9.17) is 0 Å². The number of piperidine rings is 1. The van der Waals surface area contributed by atoms with Crippen LogP contribution in [0.15, 0.2) is 36.7 Å². The van der Waals surface area contributed by atoms with Crippen LogP contribution in [0.25, 0.3) is 10.9 Å². The molecule has 0 unspecified atom stereocenters. The molecule has 2 aromatic heterocycles. The molecule has 1 aliphatic rings. The number of aromatic nitrogens is 2. The van der Waals surface area contributed by atoms with Gasteiger partial charge < -0.3 is 15.6 Å². The van der Waals surface area contributed by atoms with Gasteiger partial charge in [0.05, 0.1) is 17.7 Å². The van der Waals surface area contributed by atoms with Crippen molar-refractivity contribution in [3.05, 3.63) is 54.0 Å². The number of carbonyl (C=O) groups is 1. The van der Waals surface area contributed by atoms with Crippen LogP contribution in [-0.4, -0.2) is 46.7 Å². The maximum atomic E-state index is 13.5. The van der Waals surface area contributed by atoms with Gasteiger partial charge in [0.2, 0.25) is 0 Å². The number of carbonyl (C=O) groups excluding carboxylic acids is 1. The van der Waals surface area contributed by atoms with E-state index in [1.54, 1.807) is 12.1 Å². The normalized spacial score (nSPS) is 15.8. The predicted octanol–water partition coefficient (Wildman–Crippen LogP) is 5.23. The molecule has 0 spiro atoms. The molecule has 1 fully saturated rings. The van der Waals surface area contributed by atoms with Crippen LogP contribution < -0.4 is 10.6 Å². The molecule has 32 heavy (non-hydrogen) atoms. The van der Waals surface area contributed by atoms with Gasteiger partial charge in [0.15, 0.2) is 11.6 Å². The summed E-state index contributed by atoms with van der Waals surface area (Å²) in [5.41, 5.74) is 1.77. The number of nitrogens with one attached hydrogen (secondary N) is 3. The first-order chi connectivity index (χ1) is 15.2. The molecule has 1 aromatic carbocycles. The summed E-state index contributed by atoms with van der Waals surface area (Å²) in [5.74, 6) is -2.03. The van der Waals surface area contributed by atoms with Crippen LogP contribution in [0.5, 0.6) is 0 Å². The van der Waals surface area contributed by atoms with Gasteiger partial charge >= 0.3 is 12.2 Å². The van der Waals surface area contributed by atoms with E-state index in [1.807, 2.05) is 0 Å². The van der Waals surface area contributed by atoms with Crippen molar-refractivity contribution >= 4 is 28.3 Å². The number of anilines is 2. The van der Waals surface area contributed by atoms with Gasteiger partial charge in [-0.3, -0.25) is 9.88 Å². The molecule has 6 nitrogen and oxygen atoms in total. The second-order valence-corrected chi connectivity index (χ2v) is 7.73. The fraction of sp³-hybridized carbons (Fsp3) is 0.333. The predicted molar refractivity (Wildman–Crippen MR) is 110 cm³/mol. The van der Waals surface area contributed by atoms with E-state index in [9.17, 15) is 26.7 Å². The third-order valence-corrected chi connectivity index (χ3v) is 5.42. The molecular weight excluding hydrogens is 433 g/mol. The quantitative estimate of drug-likeness (QED) is 0.474. The average molecular weight is 453 g/mol. The van der Waals surface area contributed by atoms with Crippen molar-refractivity contribution in [2.75, 3.05) is 30.3 Å². The fourth-order valence-electron chi connectivity index (χ4n) is 3.89. The summed E-state index contributed by atoms with van der Waals surface area (Å²) in [7, 11) is 0. The Bertz CT molecular complexity index is 1120. The van der Waals surface area contributed by atoms with Gasteiger partial charge in [-0.25, -0.2) is 13.6 Å². The lowest BCUT2D eigenvalue weighted by molar-refractivity contribution is -0.147. The smallest absolute Gasteiger partial charge is 0.359 e. The number of aromatic amines is 1. The third-order valence-electron chi connectivity index (χ3n) is 5.42. The Morgan fingerprint density at radius 3 is 2.56 bits per heavy atom. The second-order valence-electron chi connectivity index (χ2n) is 7.73. The molecule has 0 atom stereocenters. The number of hydrogen-bond acceptors (Lipinski definition) is 3. The maximum Gasteiger partial charge on any atom is 0.401 e. The largest absolute Gasteiger partial charge is 0.401 e. The van der Waals surface area contributed by atoms with Crippen LogP contribution in [0.1, 0.15) is 24.5 Å². The molecule has 4 rings (SSSR count). The zero-order chi connectivity index (χ0) is 22.9. The van der Waals surface area contributed by atoms with Crippen LogP contribution >= 0.6 is 0 Å². The van der Waals surface area contributed by atoms with Crippen molar-refractivity contribution in [1.82, 2.24) is 14.9 Å². The highest BCUT2D eigenvalue weighted by molar-refractivity contribution is 6.05. The van der Waals surface area contributed by atoms with E-state index in [1.165, 1.54) is 17.3 Å². The zero-order valence-electron chi connectivity index (χ0n) is 16.8. The molecule has 3 heterocycles. The van der Waals surface area contributed by atoms with Gasteiger partial charge in [-0.1, -0.05) is 0 Å². The number of benzene rings is 1. The Hall–Kier alpha value is -3.21. The summed E-state index contributed by atoms with van der Waals surface area (Å²) < 4.78 is 64.5. The van der Waals surface area contributed by atoms with E-state index in [-0.39, 0.29) is 11.6 Å². The fourth-order valence-corrected chi connectivity index (χ4v) is 3.89. The molecular formula is C21H20F5N5O. The monoisotopic (exact) mass is 453 g/mol. The molecule has 3 N–H and O–H groups in total. The molecule has 0 aliphatic carbocycles. The lowest BCUT2D eigenvalue weighted by atomic mass is 9.93. The van der Waals surface area contributed by atoms with Crippen molar-refractivity contribution in [3.8, 4) is 0 Å². The van der Waals surface area contributed by atoms with Gasteiger partial charge in [0.1, 0.15) is 0 Å². The summed E-state index contributed by atoms with van der Waals surface area (Å²) in [4.78, 5) is 20.8. The Kier molecular flexibility index (Phi) is 6.00. The van der Waals surface area contributed by atoms with Gasteiger partial charge in [0, 0.05) is 41.1 Å². The van der Waals surface area contributed by atoms with Gasteiger partial charge in [-0.2, -0.15) is 13.2 Å². The highest BCUT2D eigenvalue weighted by Gasteiger charge is 2.33. The van der Waals surface area contributed by atoms with E-state index in [0.29, 0.717) is 48.2 Å². The Morgan fingerprint density at radius 1 is 1.12 bits per heavy atom. The summed E-state index contributed by atoms with van der Waals surface area (Å²) >= 11 is 0.